The predicted molar refractivity (Wildman–Crippen MR) is 171 cm³/mol. The number of carbonyl (C=O) groups excluding carboxylic acids is 4. The molecule has 2 amide bonds. The van der Waals surface area contributed by atoms with Crippen molar-refractivity contribution in [1.82, 2.24) is 10.6 Å². The summed E-state index contributed by atoms with van der Waals surface area (Å²) in [5, 5.41) is 6.03. The van der Waals surface area contributed by atoms with Gasteiger partial charge in [0.05, 0.1) is 20.3 Å². The van der Waals surface area contributed by atoms with Gasteiger partial charge < -0.3 is 14.8 Å². The molecule has 0 bridgehead atoms. The third-order valence-corrected chi connectivity index (χ3v) is 7.31. The second-order valence-electron chi connectivity index (χ2n) is 11.0. The summed E-state index contributed by atoms with van der Waals surface area (Å²) in [4.78, 5) is 53.9. The van der Waals surface area contributed by atoms with Crippen molar-refractivity contribution in [2.45, 2.75) is 64.7 Å². The van der Waals surface area contributed by atoms with Crippen LogP contribution in [-0.4, -0.2) is 56.1 Å². The minimum Gasteiger partial charge on any atom is -0.468 e. The van der Waals surface area contributed by atoms with E-state index in [1.165, 1.54) is 19.1 Å². The fourth-order valence-electron chi connectivity index (χ4n) is 4.96. The minimum atomic E-state index is -0.938. The summed E-state index contributed by atoms with van der Waals surface area (Å²) in [7, 11) is 2.55. The molecule has 0 saturated carbocycles. The van der Waals surface area contributed by atoms with Crippen LogP contribution < -0.4 is 15.5 Å². The molecule has 0 aliphatic heterocycles. The van der Waals surface area contributed by atoms with Gasteiger partial charge in [-0.15, -0.1) is 0 Å². The average Bonchev–Trinajstić information content (AvgIpc) is 3.05. The van der Waals surface area contributed by atoms with Crippen molar-refractivity contribution in [1.29, 1.82) is 0 Å². The van der Waals surface area contributed by atoms with Crippen molar-refractivity contribution in [3.8, 4) is 11.1 Å². The Hall–Kier alpha value is -4.50. The van der Waals surface area contributed by atoms with Crippen molar-refractivity contribution >= 4 is 29.4 Å². The van der Waals surface area contributed by atoms with E-state index in [0.29, 0.717) is 18.7 Å². The molecule has 9 nitrogen and oxygen atoms in total. The number of carbonyl (C=O) groups is 4. The van der Waals surface area contributed by atoms with Crippen LogP contribution in [0, 0.1) is 5.92 Å². The van der Waals surface area contributed by atoms with Crippen LogP contribution in [-0.2, 0) is 35.2 Å². The molecule has 3 aromatic carbocycles. The highest BCUT2D eigenvalue weighted by Crippen LogP contribution is 2.26. The zero-order valence-corrected chi connectivity index (χ0v) is 26.1. The van der Waals surface area contributed by atoms with Gasteiger partial charge in [0.25, 0.3) is 0 Å². The SMILES string of the molecule is COC(=O)[C@H](CCC(=O)NCc1ccccc1)N[C@@H](CC(C)C)C(=O)N(c1ccc(-c2ccccc2)cc1)[C@@H](C)C(=O)OC. The van der Waals surface area contributed by atoms with E-state index in [1.54, 1.807) is 19.1 Å². The lowest BCUT2D eigenvalue weighted by Gasteiger charge is -2.33. The van der Waals surface area contributed by atoms with E-state index in [4.69, 9.17) is 9.47 Å². The Morgan fingerprint density at radius 2 is 1.30 bits per heavy atom. The van der Waals surface area contributed by atoms with Gasteiger partial charge >= 0.3 is 11.9 Å². The zero-order valence-electron chi connectivity index (χ0n) is 26.1. The van der Waals surface area contributed by atoms with E-state index < -0.39 is 36.0 Å². The van der Waals surface area contributed by atoms with E-state index in [9.17, 15) is 19.2 Å². The zero-order chi connectivity index (χ0) is 32.1. The lowest BCUT2D eigenvalue weighted by atomic mass is 9.99. The number of esters is 2. The number of ether oxygens (including phenoxy) is 2. The molecular weight excluding hydrogens is 558 g/mol. The number of rotatable bonds is 15. The number of hydrogen-bond donors (Lipinski definition) is 2. The molecular formula is C35H43N3O6. The molecule has 234 valence electrons. The van der Waals surface area contributed by atoms with E-state index >= 15 is 0 Å². The van der Waals surface area contributed by atoms with Gasteiger partial charge in [-0.2, -0.15) is 0 Å². The smallest absolute Gasteiger partial charge is 0.328 e. The fraction of sp³-hybridized carbons (Fsp3) is 0.371. The van der Waals surface area contributed by atoms with Crippen LogP contribution in [0.2, 0.25) is 0 Å². The second kappa shape index (κ2) is 17.0. The molecule has 0 heterocycles. The summed E-state index contributed by atoms with van der Waals surface area (Å²) in [5.74, 6) is -1.71. The fourth-order valence-corrected chi connectivity index (χ4v) is 4.96. The third kappa shape index (κ3) is 9.77. The van der Waals surface area contributed by atoms with Crippen LogP contribution in [0.4, 0.5) is 5.69 Å². The summed E-state index contributed by atoms with van der Waals surface area (Å²) in [5.41, 5.74) is 3.45. The number of nitrogens with one attached hydrogen (secondary N) is 2. The number of nitrogens with zero attached hydrogens (tertiary/aromatic N) is 1. The van der Waals surface area contributed by atoms with Gasteiger partial charge in [0.2, 0.25) is 11.8 Å². The van der Waals surface area contributed by atoms with E-state index in [0.717, 1.165) is 16.7 Å². The highest BCUT2D eigenvalue weighted by molar-refractivity contribution is 6.02. The topological polar surface area (TPSA) is 114 Å². The first-order valence-electron chi connectivity index (χ1n) is 14.9. The van der Waals surface area contributed by atoms with Crippen molar-refractivity contribution in [2.24, 2.45) is 5.92 Å². The molecule has 3 atom stereocenters. The van der Waals surface area contributed by atoms with E-state index in [1.807, 2.05) is 86.6 Å². The van der Waals surface area contributed by atoms with Crippen molar-refractivity contribution in [3.05, 3.63) is 90.5 Å². The number of anilines is 1. The molecule has 0 aliphatic carbocycles. The molecule has 3 rings (SSSR count). The Kier molecular flexibility index (Phi) is 13.1. The first-order chi connectivity index (χ1) is 21.1. The first kappa shape index (κ1) is 34.0. The summed E-state index contributed by atoms with van der Waals surface area (Å²) in [6.45, 7) is 5.91. The normalized spacial score (nSPS) is 13.0. The quantitative estimate of drug-likeness (QED) is 0.239. The van der Waals surface area contributed by atoms with Crippen LogP contribution >= 0.6 is 0 Å². The molecule has 0 radical (unpaired) electrons. The monoisotopic (exact) mass is 601 g/mol. The van der Waals surface area contributed by atoms with E-state index in [-0.39, 0.29) is 24.7 Å². The molecule has 3 aromatic rings. The standard InChI is InChI=1S/C35H43N3O6/c1-24(2)22-31(37-30(35(42)44-5)20-21-32(39)36-23-26-12-8-6-9-13-26)33(40)38(25(3)34(41)43-4)29-18-16-28(17-19-29)27-14-10-7-11-15-27/h6-19,24-25,30-31,37H,20-23H2,1-5H3,(H,36,39)/t25-,30-,31-/m0/s1. The van der Waals surface area contributed by atoms with Crippen LogP contribution in [0.5, 0.6) is 0 Å². The van der Waals surface area contributed by atoms with Crippen LogP contribution in [0.1, 0.15) is 45.6 Å². The second-order valence-corrected chi connectivity index (χ2v) is 11.0. The highest BCUT2D eigenvalue weighted by atomic mass is 16.5. The summed E-state index contributed by atoms with van der Waals surface area (Å²) >= 11 is 0. The lowest BCUT2D eigenvalue weighted by Crippen LogP contribution is -2.56. The summed E-state index contributed by atoms with van der Waals surface area (Å²) in [6, 6.07) is 24.0. The Balaban J connectivity index is 1.83. The Morgan fingerprint density at radius 1 is 0.727 bits per heavy atom. The molecule has 0 aliphatic rings. The van der Waals surface area contributed by atoms with Gasteiger partial charge in [-0.1, -0.05) is 86.6 Å². The molecule has 0 unspecified atom stereocenters. The minimum absolute atomic E-state index is 0.0470. The first-order valence-corrected chi connectivity index (χ1v) is 14.9. The molecule has 0 saturated heterocycles. The van der Waals surface area contributed by atoms with E-state index in [2.05, 4.69) is 10.6 Å². The number of benzene rings is 3. The maximum atomic E-state index is 14.3. The van der Waals surface area contributed by atoms with Crippen LogP contribution in [0.3, 0.4) is 0 Å². The molecule has 0 fully saturated rings. The van der Waals surface area contributed by atoms with Gasteiger partial charge in [0, 0.05) is 18.7 Å². The molecule has 0 aromatic heterocycles. The third-order valence-electron chi connectivity index (χ3n) is 7.31. The maximum absolute atomic E-state index is 14.3. The summed E-state index contributed by atoms with van der Waals surface area (Å²) in [6.07, 6.45) is 0.540. The van der Waals surface area contributed by atoms with Gasteiger partial charge in [0.1, 0.15) is 12.1 Å². The van der Waals surface area contributed by atoms with Gasteiger partial charge in [-0.25, -0.2) is 4.79 Å². The Bertz CT molecular complexity index is 1360. The van der Waals surface area contributed by atoms with Crippen LogP contribution in [0.25, 0.3) is 11.1 Å². The van der Waals surface area contributed by atoms with Crippen LogP contribution in [0.15, 0.2) is 84.9 Å². The summed E-state index contributed by atoms with van der Waals surface area (Å²) < 4.78 is 10.0. The van der Waals surface area contributed by atoms with Crippen molar-refractivity contribution < 1.29 is 28.7 Å². The van der Waals surface area contributed by atoms with Gasteiger partial charge in [-0.3, -0.25) is 24.6 Å². The highest BCUT2D eigenvalue weighted by Gasteiger charge is 2.35. The Morgan fingerprint density at radius 3 is 1.86 bits per heavy atom. The molecule has 2 N–H and O–H groups in total. The molecule has 44 heavy (non-hydrogen) atoms. The van der Waals surface area contributed by atoms with Crippen molar-refractivity contribution in [3.63, 3.8) is 0 Å². The Labute approximate surface area is 259 Å². The van der Waals surface area contributed by atoms with Gasteiger partial charge in [0.15, 0.2) is 0 Å². The number of methoxy groups -OCH3 is 2. The van der Waals surface area contributed by atoms with Gasteiger partial charge in [-0.05, 0) is 54.5 Å². The molecule has 9 heteroatoms. The maximum Gasteiger partial charge on any atom is 0.328 e. The number of hydrogen-bond acceptors (Lipinski definition) is 7. The molecule has 0 spiro atoms. The average molecular weight is 602 g/mol. The largest absolute Gasteiger partial charge is 0.468 e. The lowest BCUT2D eigenvalue weighted by molar-refractivity contribution is -0.145. The van der Waals surface area contributed by atoms with Crippen molar-refractivity contribution in [2.75, 3.05) is 19.1 Å². The predicted octanol–water partition coefficient (Wildman–Crippen LogP) is 4.89. The number of amides is 2.